The minimum absolute atomic E-state index is 0.0164. The summed E-state index contributed by atoms with van der Waals surface area (Å²) in [5, 5.41) is 28.4. The van der Waals surface area contributed by atoms with E-state index in [1.165, 1.54) is 40.1 Å². The molecule has 0 bridgehead atoms. The highest BCUT2D eigenvalue weighted by Gasteiger charge is 2.27. The lowest BCUT2D eigenvalue weighted by Gasteiger charge is -2.18. The van der Waals surface area contributed by atoms with Gasteiger partial charge in [-0.3, -0.25) is 4.68 Å². The molecule has 0 saturated carbocycles. The SMILES string of the molecule is Cn1ncnc1-c1cnn([C@@H](CCOC(F)F)c2ccc(-c3c(-n4nncc4C(F)F)ccc(Cl)c3F)c[n+]2[O-])c1. The van der Waals surface area contributed by atoms with Crippen LogP contribution in [0, 0.1) is 11.0 Å². The molecule has 0 unspecified atom stereocenters. The van der Waals surface area contributed by atoms with Crippen LogP contribution in [0.3, 0.4) is 0 Å². The van der Waals surface area contributed by atoms with Crippen LogP contribution in [0.2, 0.25) is 5.02 Å². The molecule has 0 amide bonds. The average molecular weight is 596 g/mol. The summed E-state index contributed by atoms with van der Waals surface area (Å²) in [6, 6.07) is 4.25. The van der Waals surface area contributed by atoms with Crippen molar-refractivity contribution in [1.82, 2.24) is 39.5 Å². The number of halogens is 6. The topological polar surface area (TPSA) is 115 Å². The van der Waals surface area contributed by atoms with Gasteiger partial charge in [-0.15, -0.1) is 5.10 Å². The first-order valence-electron chi connectivity index (χ1n) is 11.8. The van der Waals surface area contributed by atoms with Gasteiger partial charge in [-0.25, -0.2) is 27.5 Å². The number of hydrogen-bond acceptors (Lipinski definition) is 7. The van der Waals surface area contributed by atoms with Gasteiger partial charge in [0.1, 0.15) is 18.1 Å². The molecule has 0 aliphatic carbocycles. The molecule has 0 aliphatic rings. The number of pyridine rings is 1. The second-order valence-electron chi connectivity index (χ2n) is 8.65. The standard InChI is InChI=1S/C24H19ClF5N9O2/c1-36-23(31-12-34-36)14-8-33-37(10-14)16(6-7-41-24(29)30)17-4-2-13(11-38(17)40)20-18(5-3-15(25)21(20)26)39-19(22(27)28)9-32-35-39/h2-5,8-12,16,22,24H,6-7H2,1H3/t16-/m0/s1. The lowest BCUT2D eigenvalue weighted by Crippen LogP contribution is -2.36. The second kappa shape index (κ2) is 11.6. The molecule has 5 aromatic rings. The summed E-state index contributed by atoms with van der Waals surface area (Å²) in [7, 11) is 1.67. The predicted octanol–water partition coefficient (Wildman–Crippen LogP) is 4.51. The van der Waals surface area contributed by atoms with E-state index in [-0.39, 0.29) is 34.0 Å². The van der Waals surface area contributed by atoms with Crippen LogP contribution < -0.4 is 4.73 Å². The number of ether oxygens (including phenoxy) is 1. The molecule has 4 heterocycles. The van der Waals surface area contributed by atoms with Gasteiger partial charge in [0.2, 0.25) is 5.69 Å². The molecule has 0 fully saturated rings. The molecule has 1 aromatic carbocycles. The molecule has 0 N–H and O–H groups in total. The maximum atomic E-state index is 15.3. The maximum Gasteiger partial charge on any atom is 0.345 e. The van der Waals surface area contributed by atoms with E-state index in [1.54, 1.807) is 13.2 Å². The van der Waals surface area contributed by atoms with Crippen molar-refractivity contribution in [2.24, 2.45) is 7.05 Å². The molecule has 11 nitrogen and oxygen atoms in total. The lowest BCUT2D eigenvalue weighted by molar-refractivity contribution is -0.615. The number of alkyl halides is 4. The summed E-state index contributed by atoms with van der Waals surface area (Å²) in [5.74, 6) is -0.501. The van der Waals surface area contributed by atoms with Gasteiger partial charge in [0.15, 0.2) is 17.8 Å². The monoisotopic (exact) mass is 595 g/mol. The molecule has 0 spiro atoms. The Morgan fingerprint density at radius 1 is 1.07 bits per heavy atom. The molecular weight excluding hydrogens is 577 g/mol. The zero-order chi connectivity index (χ0) is 29.3. The molecule has 214 valence electrons. The minimum Gasteiger partial charge on any atom is -0.618 e. The first kappa shape index (κ1) is 28.1. The Hall–Kier alpha value is -4.44. The molecule has 0 saturated heterocycles. The van der Waals surface area contributed by atoms with E-state index in [9.17, 15) is 22.8 Å². The highest BCUT2D eigenvalue weighted by atomic mass is 35.5. The molecular formula is C24H19ClF5N9O2. The predicted molar refractivity (Wildman–Crippen MR) is 133 cm³/mol. The number of benzene rings is 1. The van der Waals surface area contributed by atoms with Crippen LogP contribution in [0.5, 0.6) is 0 Å². The minimum atomic E-state index is -3.02. The molecule has 17 heteroatoms. The van der Waals surface area contributed by atoms with E-state index < -0.39 is 37.2 Å². The number of nitrogens with zero attached hydrogens (tertiary/aromatic N) is 9. The van der Waals surface area contributed by atoms with Crippen molar-refractivity contribution >= 4 is 11.6 Å². The Bertz CT molecular complexity index is 1670. The third-order valence-corrected chi connectivity index (χ3v) is 6.49. The van der Waals surface area contributed by atoms with Crippen molar-refractivity contribution in [2.45, 2.75) is 25.5 Å². The van der Waals surface area contributed by atoms with E-state index in [1.807, 2.05) is 0 Å². The van der Waals surface area contributed by atoms with Gasteiger partial charge in [-0.05, 0) is 18.2 Å². The Balaban J connectivity index is 1.57. The van der Waals surface area contributed by atoms with Gasteiger partial charge in [0.25, 0.3) is 6.43 Å². The van der Waals surface area contributed by atoms with Gasteiger partial charge in [0.05, 0.1) is 46.4 Å². The van der Waals surface area contributed by atoms with Crippen LogP contribution in [-0.4, -0.2) is 52.8 Å². The van der Waals surface area contributed by atoms with Gasteiger partial charge in [0, 0.05) is 25.7 Å². The fourth-order valence-corrected chi connectivity index (χ4v) is 4.49. The molecule has 5 rings (SSSR count). The normalized spacial score (nSPS) is 12.5. The number of hydrogen-bond donors (Lipinski definition) is 0. The highest BCUT2D eigenvalue weighted by Crippen LogP contribution is 2.35. The summed E-state index contributed by atoms with van der Waals surface area (Å²) in [6.07, 6.45) is 3.18. The maximum absolute atomic E-state index is 15.3. The summed E-state index contributed by atoms with van der Waals surface area (Å²) >= 11 is 5.99. The van der Waals surface area contributed by atoms with Crippen molar-refractivity contribution < 1.29 is 31.4 Å². The van der Waals surface area contributed by atoms with Gasteiger partial charge >= 0.3 is 6.61 Å². The smallest absolute Gasteiger partial charge is 0.345 e. The van der Waals surface area contributed by atoms with E-state index in [2.05, 4.69) is 30.2 Å². The van der Waals surface area contributed by atoms with E-state index >= 15 is 4.39 Å². The van der Waals surface area contributed by atoms with Crippen molar-refractivity contribution in [2.75, 3.05) is 6.61 Å². The summed E-state index contributed by atoms with van der Waals surface area (Å²) in [4.78, 5) is 4.14. The molecule has 0 aliphatic heterocycles. The largest absolute Gasteiger partial charge is 0.618 e. The van der Waals surface area contributed by atoms with Crippen molar-refractivity contribution in [3.05, 3.63) is 82.8 Å². The van der Waals surface area contributed by atoms with Crippen LogP contribution in [0.15, 0.2) is 55.4 Å². The van der Waals surface area contributed by atoms with Crippen LogP contribution in [-0.2, 0) is 11.8 Å². The van der Waals surface area contributed by atoms with Crippen LogP contribution in [0.25, 0.3) is 28.2 Å². The lowest BCUT2D eigenvalue weighted by atomic mass is 10.0. The fourth-order valence-electron chi connectivity index (χ4n) is 4.33. The fraction of sp³-hybridized carbons (Fsp3) is 0.250. The van der Waals surface area contributed by atoms with E-state index in [0.29, 0.717) is 16.1 Å². The van der Waals surface area contributed by atoms with Gasteiger partial charge in [-0.1, -0.05) is 16.8 Å². The van der Waals surface area contributed by atoms with Crippen LogP contribution in [0.4, 0.5) is 22.0 Å². The van der Waals surface area contributed by atoms with Crippen LogP contribution >= 0.6 is 11.6 Å². The van der Waals surface area contributed by atoms with Crippen molar-refractivity contribution in [3.63, 3.8) is 0 Å². The quantitative estimate of drug-likeness (QED) is 0.133. The van der Waals surface area contributed by atoms with Crippen molar-refractivity contribution in [3.8, 4) is 28.2 Å². The third-order valence-electron chi connectivity index (χ3n) is 6.20. The Morgan fingerprint density at radius 3 is 2.56 bits per heavy atom. The first-order chi connectivity index (χ1) is 19.7. The Labute approximate surface area is 233 Å². The molecule has 0 radical (unpaired) electrons. The van der Waals surface area contributed by atoms with Gasteiger partial charge < -0.3 is 9.94 Å². The van der Waals surface area contributed by atoms with Crippen LogP contribution in [0.1, 0.15) is 30.3 Å². The summed E-state index contributed by atoms with van der Waals surface area (Å²) in [5.41, 5.74) is -0.421. The highest BCUT2D eigenvalue weighted by molar-refractivity contribution is 6.31. The van der Waals surface area contributed by atoms with E-state index in [4.69, 9.17) is 11.6 Å². The van der Waals surface area contributed by atoms with Gasteiger partial charge in [-0.2, -0.15) is 23.7 Å². The molecule has 1 atom stereocenters. The number of aromatic nitrogens is 9. The zero-order valence-electron chi connectivity index (χ0n) is 21.0. The Morgan fingerprint density at radius 2 is 1.88 bits per heavy atom. The third kappa shape index (κ3) is 5.60. The summed E-state index contributed by atoms with van der Waals surface area (Å²) in [6.45, 7) is -3.44. The van der Waals surface area contributed by atoms with E-state index in [0.717, 1.165) is 23.1 Å². The zero-order valence-corrected chi connectivity index (χ0v) is 21.7. The Kier molecular flexibility index (Phi) is 7.94. The summed E-state index contributed by atoms with van der Waals surface area (Å²) < 4.78 is 76.3. The molecule has 41 heavy (non-hydrogen) atoms. The first-order valence-corrected chi connectivity index (χ1v) is 12.2. The molecule has 4 aromatic heterocycles. The van der Waals surface area contributed by atoms with Crippen molar-refractivity contribution in [1.29, 1.82) is 0 Å². The number of rotatable bonds is 10. The second-order valence-corrected chi connectivity index (χ2v) is 9.05. The number of aryl methyl sites for hydroxylation is 1. The average Bonchev–Trinajstić information content (AvgIpc) is 3.69.